The molecule has 4 rings (SSSR count). The molecule has 124 valence electrons. The number of halogens is 2. The number of aromatic amines is 1. The highest BCUT2D eigenvalue weighted by atomic mass is 19.1. The maximum Gasteiger partial charge on any atom is 0.138 e. The van der Waals surface area contributed by atoms with Crippen LogP contribution in [-0.2, 0) is 6.61 Å². The normalized spacial score (nSPS) is 11.0. The standard InChI is InChI=1S/C20H14F2N2O/c21-16-7-4-8-17(22)15(16)12-25-14-6-3-5-13(11-14)20-23-18-9-1-2-10-19(18)24-20/h1-11H,12H2,(H,23,24). The zero-order valence-electron chi connectivity index (χ0n) is 13.2. The van der Waals surface area contributed by atoms with Crippen LogP contribution >= 0.6 is 0 Å². The lowest BCUT2D eigenvalue weighted by atomic mass is 10.2. The van der Waals surface area contributed by atoms with Crippen molar-refractivity contribution in [2.24, 2.45) is 0 Å². The second kappa shape index (κ2) is 6.36. The second-order valence-corrected chi connectivity index (χ2v) is 5.62. The van der Waals surface area contributed by atoms with Crippen molar-refractivity contribution in [1.29, 1.82) is 0 Å². The van der Waals surface area contributed by atoms with Crippen LogP contribution in [0.2, 0.25) is 0 Å². The van der Waals surface area contributed by atoms with E-state index >= 15 is 0 Å². The van der Waals surface area contributed by atoms with Gasteiger partial charge in [0.05, 0.1) is 16.6 Å². The molecule has 0 aliphatic rings. The Bertz CT molecular complexity index is 989. The molecule has 0 fully saturated rings. The molecule has 0 bridgehead atoms. The van der Waals surface area contributed by atoms with Gasteiger partial charge in [-0.25, -0.2) is 13.8 Å². The second-order valence-electron chi connectivity index (χ2n) is 5.62. The first-order chi connectivity index (χ1) is 12.2. The highest BCUT2D eigenvalue weighted by Gasteiger charge is 2.10. The Morgan fingerprint density at radius 1 is 0.880 bits per heavy atom. The molecule has 3 nitrogen and oxygen atoms in total. The van der Waals surface area contributed by atoms with E-state index in [1.54, 1.807) is 12.1 Å². The van der Waals surface area contributed by atoms with Crippen LogP contribution in [0.15, 0.2) is 66.7 Å². The summed E-state index contributed by atoms with van der Waals surface area (Å²) in [5.41, 5.74) is 2.56. The third kappa shape index (κ3) is 3.08. The molecule has 0 amide bonds. The summed E-state index contributed by atoms with van der Waals surface area (Å²) < 4.78 is 32.9. The Balaban J connectivity index is 1.59. The van der Waals surface area contributed by atoms with Crippen LogP contribution in [-0.4, -0.2) is 9.97 Å². The van der Waals surface area contributed by atoms with Crippen molar-refractivity contribution in [3.05, 3.63) is 83.9 Å². The number of ether oxygens (including phenoxy) is 1. The van der Waals surface area contributed by atoms with Crippen LogP contribution in [0, 0.1) is 11.6 Å². The number of hydrogen-bond acceptors (Lipinski definition) is 2. The Hall–Kier alpha value is -3.21. The number of benzene rings is 3. The van der Waals surface area contributed by atoms with E-state index in [2.05, 4.69) is 9.97 Å². The number of H-pyrrole nitrogens is 1. The van der Waals surface area contributed by atoms with Gasteiger partial charge in [0.15, 0.2) is 0 Å². The monoisotopic (exact) mass is 336 g/mol. The zero-order valence-corrected chi connectivity index (χ0v) is 13.2. The number of aromatic nitrogens is 2. The van der Waals surface area contributed by atoms with Gasteiger partial charge in [0.25, 0.3) is 0 Å². The maximum absolute atomic E-state index is 13.7. The molecular weight excluding hydrogens is 322 g/mol. The van der Waals surface area contributed by atoms with E-state index in [1.807, 2.05) is 36.4 Å². The fourth-order valence-electron chi connectivity index (χ4n) is 2.65. The number of nitrogens with one attached hydrogen (secondary N) is 1. The summed E-state index contributed by atoms with van der Waals surface area (Å²) in [6, 6.07) is 18.7. The minimum Gasteiger partial charge on any atom is -0.489 e. The number of para-hydroxylation sites is 2. The molecule has 25 heavy (non-hydrogen) atoms. The first kappa shape index (κ1) is 15.3. The molecule has 0 atom stereocenters. The first-order valence-electron chi connectivity index (χ1n) is 7.81. The molecule has 0 radical (unpaired) electrons. The predicted molar refractivity (Wildman–Crippen MR) is 92.2 cm³/mol. The van der Waals surface area contributed by atoms with Crippen molar-refractivity contribution >= 4 is 11.0 Å². The number of fused-ring (bicyclic) bond motifs is 1. The van der Waals surface area contributed by atoms with E-state index in [9.17, 15) is 8.78 Å². The molecule has 0 unspecified atom stereocenters. The van der Waals surface area contributed by atoms with Crippen LogP contribution in [0.5, 0.6) is 5.75 Å². The third-order valence-corrected chi connectivity index (χ3v) is 3.94. The van der Waals surface area contributed by atoms with Gasteiger partial charge in [0.2, 0.25) is 0 Å². The average molecular weight is 336 g/mol. The van der Waals surface area contributed by atoms with Crippen molar-refractivity contribution in [3.63, 3.8) is 0 Å². The number of rotatable bonds is 4. The summed E-state index contributed by atoms with van der Waals surface area (Å²) >= 11 is 0. The largest absolute Gasteiger partial charge is 0.489 e. The molecule has 1 heterocycles. The Morgan fingerprint density at radius 2 is 1.64 bits per heavy atom. The topological polar surface area (TPSA) is 37.9 Å². The van der Waals surface area contributed by atoms with Crippen LogP contribution in [0.25, 0.3) is 22.4 Å². The molecule has 0 saturated heterocycles. The summed E-state index contributed by atoms with van der Waals surface area (Å²) in [7, 11) is 0. The molecular formula is C20H14F2N2O. The van der Waals surface area contributed by atoms with Crippen molar-refractivity contribution in [3.8, 4) is 17.1 Å². The first-order valence-corrected chi connectivity index (χ1v) is 7.81. The lowest BCUT2D eigenvalue weighted by Gasteiger charge is -2.09. The fraction of sp³-hybridized carbons (Fsp3) is 0.0500. The van der Waals surface area contributed by atoms with Crippen LogP contribution in [0.3, 0.4) is 0 Å². The van der Waals surface area contributed by atoms with E-state index < -0.39 is 11.6 Å². The van der Waals surface area contributed by atoms with Crippen molar-refractivity contribution in [2.75, 3.05) is 0 Å². The molecule has 4 aromatic rings. The van der Waals surface area contributed by atoms with E-state index in [4.69, 9.17) is 4.74 Å². The van der Waals surface area contributed by atoms with Gasteiger partial charge < -0.3 is 9.72 Å². The van der Waals surface area contributed by atoms with E-state index in [0.29, 0.717) is 11.6 Å². The van der Waals surface area contributed by atoms with Crippen molar-refractivity contribution in [1.82, 2.24) is 9.97 Å². The highest BCUT2D eigenvalue weighted by Crippen LogP contribution is 2.25. The summed E-state index contributed by atoms with van der Waals surface area (Å²) in [4.78, 5) is 7.78. The van der Waals surface area contributed by atoms with E-state index in [1.165, 1.54) is 18.2 Å². The van der Waals surface area contributed by atoms with Gasteiger partial charge >= 0.3 is 0 Å². The smallest absolute Gasteiger partial charge is 0.138 e. The van der Waals surface area contributed by atoms with E-state index in [0.717, 1.165) is 16.6 Å². The fourth-order valence-corrected chi connectivity index (χ4v) is 2.65. The molecule has 0 aliphatic heterocycles. The number of hydrogen-bond donors (Lipinski definition) is 1. The van der Waals surface area contributed by atoms with Gasteiger partial charge in [-0.2, -0.15) is 0 Å². The lowest BCUT2D eigenvalue weighted by Crippen LogP contribution is -2.01. The van der Waals surface area contributed by atoms with Crippen LogP contribution in [0.4, 0.5) is 8.78 Å². The average Bonchev–Trinajstić information content (AvgIpc) is 3.06. The van der Waals surface area contributed by atoms with Gasteiger partial charge in [-0.05, 0) is 36.4 Å². The Kier molecular flexibility index (Phi) is 3.90. The number of nitrogens with zero attached hydrogens (tertiary/aromatic N) is 1. The molecule has 1 N–H and O–H groups in total. The minimum atomic E-state index is -0.617. The molecule has 0 spiro atoms. The molecule has 1 aromatic heterocycles. The van der Waals surface area contributed by atoms with Gasteiger partial charge in [0, 0.05) is 5.56 Å². The van der Waals surface area contributed by atoms with Crippen molar-refractivity contribution < 1.29 is 13.5 Å². The molecule has 5 heteroatoms. The quantitative estimate of drug-likeness (QED) is 0.564. The summed E-state index contributed by atoms with van der Waals surface area (Å²) in [5, 5.41) is 0. The van der Waals surface area contributed by atoms with Crippen molar-refractivity contribution in [2.45, 2.75) is 6.61 Å². The van der Waals surface area contributed by atoms with Gasteiger partial charge in [-0.15, -0.1) is 0 Å². The number of imidazole rings is 1. The highest BCUT2D eigenvalue weighted by molar-refractivity contribution is 5.79. The van der Waals surface area contributed by atoms with Gasteiger partial charge in [-0.3, -0.25) is 0 Å². The zero-order chi connectivity index (χ0) is 17.2. The van der Waals surface area contributed by atoms with E-state index in [-0.39, 0.29) is 12.2 Å². The van der Waals surface area contributed by atoms with Gasteiger partial charge in [-0.1, -0.05) is 30.3 Å². The molecule has 0 saturated carbocycles. The summed E-state index contributed by atoms with van der Waals surface area (Å²) in [5.74, 6) is -0.00814. The van der Waals surface area contributed by atoms with Crippen LogP contribution in [0.1, 0.15) is 5.56 Å². The SMILES string of the molecule is Fc1cccc(F)c1COc1cccc(-c2nc3ccccc3[nH]2)c1. The van der Waals surface area contributed by atoms with Crippen LogP contribution < -0.4 is 4.74 Å². The predicted octanol–water partition coefficient (Wildman–Crippen LogP) is 5.09. The summed E-state index contributed by atoms with van der Waals surface area (Å²) in [6.45, 7) is -0.178. The lowest BCUT2D eigenvalue weighted by molar-refractivity contribution is 0.292. The molecule has 3 aromatic carbocycles. The van der Waals surface area contributed by atoms with Gasteiger partial charge in [0.1, 0.15) is 29.8 Å². The maximum atomic E-state index is 13.7. The minimum absolute atomic E-state index is 0.0864. The molecule has 0 aliphatic carbocycles. The Labute approximate surface area is 142 Å². The third-order valence-electron chi connectivity index (χ3n) is 3.94. The summed E-state index contributed by atoms with van der Waals surface area (Å²) in [6.07, 6.45) is 0. The Morgan fingerprint density at radius 3 is 2.44 bits per heavy atom.